The molecule has 1 unspecified atom stereocenters. The average molecular weight is 319 g/mol. The van der Waals surface area contributed by atoms with Crippen LogP contribution in [0.1, 0.15) is 18.4 Å². The summed E-state index contributed by atoms with van der Waals surface area (Å²) >= 11 is 1.52. The van der Waals surface area contributed by atoms with Crippen molar-refractivity contribution in [3.63, 3.8) is 0 Å². The molecule has 1 atom stereocenters. The van der Waals surface area contributed by atoms with E-state index in [2.05, 4.69) is 23.9 Å². The van der Waals surface area contributed by atoms with Gasteiger partial charge in [-0.1, -0.05) is 0 Å². The zero-order valence-corrected chi connectivity index (χ0v) is 14.0. The number of carbonyl (C=O) groups excluding carboxylic acids is 1. The van der Waals surface area contributed by atoms with E-state index in [0.29, 0.717) is 6.42 Å². The highest BCUT2D eigenvalue weighted by Gasteiger charge is 2.26. The van der Waals surface area contributed by atoms with E-state index in [1.54, 1.807) is 0 Å². The van der Waals surface area contributed by atoms with Gasteiger partial charge in [-0.15, -0.1) is 11.3 Å². The van der Waals surface area contributed by atoms with Gasteiger partial charge in [0.05, 0.1) is 12.1 Å². The van der Waals surface area contributed by atoms with Crippen LogP contribution in [0.15, 0.2) is 21.9 Å². The Hall–Kier alpha value is -1.66. The summed E-state index contributed by atoms with van der Waals surface area (Å²) < 4.78 is 5.58. The zero-order chi connectivity index (χ0) is 15.7. The van der Waals surface area contributed by atoms with Gasteiger partial charge >= 0.3 is 0 Å². The molecule has 5 nitrogen and oxygen atoms in total. The van der Waals surface area contributed by atoms with Crippen molar-refractivity contribution in [1.29, 1.82) is 0 Å². The fourth-order valence-corrected chi connectivity index (χ4v) is 3.60. The molecule has 0 N–H and O–H groups in total. The van der Waals surface area contributed by atoms with Gasteiger partial charge in [-0.2, -0.15) is 0 Å². The van der Waals surface area contributed by atoms with Gasteiger partial charge in [-0.05, 0) is 33.0 Å². The number of nitrogens with zero attached hydrogens (tertiary/aromatic N) is 3. The van der Waals surface area contributed by atoms with Crippen molar-refractivity contribution in [2.24, 2.45) is 0 Å². The number of thiazole rings is 1. The van der Waals surface area contributed by atoms with Gasteiger partial charge in [0.1, 0.15) is 5.76 Å². The number of carbonyl (C=O) groups is 1. The number of furan rings is 1. The third kappa shape index (κ3) is 3.23. The molecule has 0 aliphatic carbocycles. The normalized spacial score (nSPS) is 19.6. The average Bonchev–Trinajstić information content (AvgIpc) is 3.07. The van der Waals surface area contributed by atoms with Crippen molar-refractivity contribution in [2.45, 2.75) is 26.3 Å². The summed E-state index contributed by atoms with van der Waals surface area (Å²) in [6, 6.07) is 4.10. The van der Waals surface area contributed by atoms with Gasteiger partial charge in [0, 0.05) is 31.1 Å². The second kappa shape index (κ2) is 6.22. The van der Waals surface area contributed by atoms with Gasteiger partial charge in [-0.3, -0.25) is 4.79 Å². The highest BCUT2D eigenvalue weighted by Crippen LogP contribution is 2.26. The molecule has 1 aliphatic heterocycles. The van der Waals surface area contributed by atoms with E-state index in [4.69, 9.17) is 4.42 Å². The predicted octanol–water partition coefficient (Wildman–Crippen LogP) is 2.42. The first-order valence-electron chi connectivity index (χ1n) is 7.52. The molecular formula is C16H21N3O2S. The van der Waals surface area contributed by atoms with Crippen LogP contribution in [0.4, 0.5) is 0 Å². The van der Waals surface area contributed by atoms with Crippen LogP contribution in [0.3, 0.4) is 0 Å². The van der Waals surface area contributed by atoms with Crippen LogP contribution in [0, 0.1) is 6.92 Å². The summed E-state index contributed by atoms with van der Waals surface area (Å²) in [4.78, 5) is 21.2. The minimum absolute atomic E-state index is 0.160. The number of aryl methyl sites for hydroxylation is 1. The summed E-state index contributed by atoms with van der Waals surface area (Å²) in [6.45, 7) is 6.68. The number of aromatic nitrogens is 1. The molecule has 1 saturated heterocycles. The quantitative estimate of drug-likeness (QED) is 0.872. The lowest BCUT2D eigenvalue weighted by atomic mass is 10.1. The molecule has 3 heterocycles. The molecule has 22 heavy (non-hydrogen) atoms. The van der Waals surface area contributed by atoms with Gasteiger partial charge in [-0.25, -0.2) is 4.98 Å². The fourth-order valence-electron chi connectivity index (χ4n) is 2.82. The molecule has 1 amide bonds. The SMILES string of the molecule is Cc1ccc(-c2nc(CC(=O)N3CCN(C)CC3C)cs2)o1. The summed E-state index contributed by atoms with van der Waals surface area (Å²) in [5, 5.41) is 2.79. The summed E-state index contributed by atoms with van der Waals surface area (Å²) in [7, 11) is 2.09. The van der Waals surface area contributed by atoms with E-state index >= 15 is 0 Å². The maximum absolute atomic E-state index is 12.5. The summed E-state index contributed by atoms with van der Waals surface area (Å²) in [5.41, 5.74) is 0.824. The molecule has 2 aromatic rings. The van der Waals surface area contributed by atoms with E-state index < -0.39 is 0 Å². The van der Waals surface area contributed by atoms with Crippen molar-refractivity contribution >= 4 is 17.2 Å². The van der Waals surface area contributed by atoms with Gasteiger partial charge in [0.25, 0.3) is 0 Å². The molecule has 0 aromatic carbocycles. The van der Waals surface area contributed by atoms with Crippen LogP contribution in [-0.2, 0) is 11.2 Å². The molecule has 1 aliphatic rings. The van der Waals surface area contributed by atoms with Gasteiger partial charge < -0.3 is 14.2 Å². The third-order valence-electron chi connectivity index (χ3n) is 3.99. The van der Waals surface area contributed by atoms with Gasteiger partial charge in [0.15, 0.2) is 10.8 Å². The predicted molar refractivity (Wildman–Crippen MR) is 86.9 cm³/mol. The fraction of sp³-hybridized carbons (Fsp3) is 0.500. The van der Waals surface area contributed by atoms with E-state index in [1.807, 2.05) is 29.3 Å². The molecule has 0 saturated carbocycles. The second-order valence-corrected chi connectivity index (χ2v) is 6.79. The highest BCUT2D eigenvalue weighted by molar-refractivity contribution is 7.13. The highest BCUT2D eigenvalue weighted by atomic mass is 32.1. The van der Waals surface area contributed by atoms with E-state index in [1.165, 1.54) is 11.3 Å². The maximum atomic E-state index is 12.5. The van der Waals surface area contributed by atoms with Crippen molar-refractivity contribution in [2.75, 3.05) is 26.7 Å². The Balaban J connectivity index is 1.66. The molecule has 0 bridgehead atoms. The van der Waals surface area contributed by atoms with Crippen LogP contribution in [0.5, 0.6) is 0 Å². The molecule has 0 spiro atoms. The first-order valence-corrected chi connectivity index (χ1v) is 8.40. The monoisotopic (exact) mass is 319 g/mol. The first-order chi connectivity index (χ1) is 10.5. The Morgan fingerprint density at radius 3 is 2.95 bits per heavy atom. The lowest BCUT2D eigenvalue weighted by Crippen LogP contribution is -2.53. The summed E-state index contributed by atoms with van der Waals surface area (Å²) in [5.74, 6) is 1.80. The maximum Gasteiger partial charge on any atom is 0.228 e. The van der Waals surface area contributed by atoms with E-state index in [-0.39, 0.29) is 11.9 Å². The standard InChI is InChI=1S/C16H21N3O2S/c1-11-9-18(3)6-7-19(11)15(20)8-13-10-22-16(17-13)14-5-4-12(2)21-14/h4-5,10-11H,6-9H2,1-3H3. The van der Waals surface area contributed by atoms with Crippen molar-refractivity contribution in [1.82, 2.24) is 14.8 Å². The van der Waals surface area contributed by atoms with Crippen molar-refractivity contribution < 1.29 is 9.21 Å². The molecule has 0 radical (unpaired) electrons. The van der Waals surface area contributed by atoms with Gasteiger partial charge in [0.2, 0.25) is 5.91 Å². The van der Waals surface area contributed by atoms with Crippen molar-refractivity contribution in [3.05, 3.63) is 29.0 Å². The minimum Gasteiger partial charge on any atom is -0.459 e. The van der Waals surface area contributed by atoms with Crippen LogP contribution in [0.2, 0.25) is 0 Å². The van der Waals surface area contributed by atoms with E-state index in [0.717, 1.165) is 41.9 Å². The molecule has 6 heteroatoms. The van der Waals surface area contributed by atoms with Crippen LogP contribution >= 0.6 is 11.3 Å². The van der Waals surface area contributed by atoms with Crippen LogP contribution < -0.4 is 0 Å². The lowest BCUT2D eigenvalue weighted by Gasteiger charge is -2.38. The van der Waals surface area contributed by atoms with Crippen molar-refractivity contribution in [3.8, 4) is 10.8 Å². The number of hydrogen-bond donors (Lipinski definition) is 0. The minimum atomic E-state index is 0.160. The number of hydrogen-bond acceptors (Lipinski definition) is 5. The molecule has 1 fully saturated rings. The number of piperazine rings is 1. The second-order valence-electron chi connectivity index (χ2n) is 5.93. The number of likely N-dealkylation sites (N-methyl/N-ethyl adjacent to an activating group) is 1. The molecule has 118 valence electrons. The number of amides is 1. The third-order valence-corrected chi connectivity index (χ3v) is 4.89. The Labute approximate surface area is 134 Å². The first kappa shape index (κ1) is 15.2. The van der Waals surface area contributed by atoms with Crippen LogP contribution in [-0.4, -0.2) is 53.4 Å². The molecule has 3 rings (SSSR count). The molecule has 2 aromatic heterocycles. The Kier molecular flexibility index (Phi) is 4.31. The largest absolute Gasteiger partial charge is 0.459 e. The Morgan fingerprint density at radius 1 is 1.45 bits per heavy atom. The topological polar surface area (TPSA) is 49.6 Å². The lowest BCUT2D eigenvalue weighted by molar-refractivity contribution is -0.134. The zero-order valence-electron chi connectivity index (χ0n) is 13.2. The molecular weight excluding hydrogens is 298 g/mol. The number of rotatable bonds is 3. The Morgan fingerprint density at radius 2 is 2.27 bits per heavy atom. The summed E-state index contributed by atoms with van der Waals surface area (Å²) in [6.07, 6.45) is 0.365. The van der Waals surface area contributed by atoms with E-state index in [9.17, 15) is 4.79 Å². The smallest absolute Gasteiger partial charge is 0.228 e. The Bertz CT molecular complexity index is 664. The van der Waals surface area contributed by atoms with Crippen LogP contribution in [0.25, 0.3) is 10.8 Å².